The van der Waals surface area contributed by atoms with Crippen LogP contribution in [-0.4, -0.2) is 57.6 Å². The van der Waals surface area contributed by atoms with E-state index >= 15 is 0 Å². The molecule has 1 aromatic carbocycles. The molecular formula is C19H24N4O3S. The number of para-hydroxylation sites is 2. The van der Waals surface area contributed by atoms with E-state index in [2.05, 4.69) is 21.7 Å². The number of hydrogen-bond acceptors (Lipinski definition) is 6. The van der Waals surface area contributed by atoms with Crippen LogP contribution in [0.2, 0.25) is 0 Å². The summed E-state index contributed by atoms with van der Waals surface area (Å²) in [6, 6.07) is 7.60. The van der Waals surface area contributed by atoms with Gasteiger partial charge in [-0.25, -0.2) is 0 Å². The molecule has 0 N–H and O–H groups in total. The Kier molecular flexibility index (Phi) is 5.24. The number of amides is 1. The number of ether oxygens (including phenoxy) is 2. The number of carbonyl (C=O) groups excluding carboxylic acids is 1. The molecule has 1 saturated carbocycles. The van der Waals surface area contributed by atoms with Crippen LogP contribution in [0.5, 0.6) is 11.5 Å². The Morgan fingerprint density at radius 3 is 2.81 bits per heavy atom. The lowest BCUT2D eigenvalue weighted by Gasteiger charge is -2.29. The van der Waals surface area contributed by atoms with Crippen LogP contribution in [0.25, 0.3) is 0 Å². The Morgan fingerprint density at radius 1 is 1.30 bits per heavy atom. The zero-order valence-corrected chi connectivity index (χ0v) is 16.4. The molecule has 1 amide bonds. The van der Waals surface area contributed by atoms with Gasteiger partial charge >= 0.3 is 0 Å². The number of aromatic nitrogens is 3. The number of benzene rings is 1. The van der Waals surface area contributed by atoms with Gasteiger partial charge < -0.3 is 18.9 Å². The predicted octanol–water partition coefficient (Wildman–Crippen LogP) is 2.57. The quantitative estimate of drug-likeness (QED) is 0.679. The maximum Gasteiger partial charge on any atom is 0.232 e. The summed E-state index contributed by atoms with van der Waals surface area (Å²) < 4.78 is 13.8. The fraction of sp³-hybridized carbons (Fsp3) is 0.526. The molecule has 2 aromatic rings. The normalized spacial score (nSPS) is 18.4. The summed E-state index contributed by atoms with van der Waals surface area (Å²) in [5.74, 6) is 3.48. The first kappa shape index (κ1) is 18.2. The van der Waals surface area contributed by atoms with Gasteiger partial charge in [0.05, 0.1) is 12.3 Å². The van der Waals surface area contributed by atoms with E-state index in [1.807, 2.05) is 24.3 Å². The zero-order chi connectivity index (χ0) is 18.8. The van der Waals surface area contributed by atoms with Gasteiger partial charge in [-0.15, -0.1) is 10.2 Å². The average Bonchev–Trinajstić information content (AvgIpc) is 3.45. The molecule has 27 heavy (non-hydrogen) atoms. The van der Waals surface area contributed by atoms with E-state index in [9.17, 15) is 4.79 Å². The van der Waals surface area contributed by atoms with Gasteiger partial charge in [-0.3, -0.25) is 4.79 Å². The molecule has 1 aliphatic carbocycles. The van der Waals surface area contributed by atoms with Crippen LogP contribution in [0.3, 0.4) is 0 Å². The third kappa shape index (κ3) is 4.05. The van der Waals surface area contributed by atoms with Crippen molar-refractivity contribution in [3.63, 3.8) is 0 Å². The number of likely N-dealkylation sites (N-methyl/N-ethyl adjacent to an activating group) is 1. The summed E-state index contributed by atoms with van der Waals surface area (Å²) in [6.07, 6.45) is 2.22. The van der Waals surface area contributed by atoms with Crippen LogP contribution in [0.4, 0.5) is 0 Å². The average molecular weight is 388 g/mol. The molecule has 7 nitrogen and oxygen atoms in total. The van der Waals surface area contributed by atoms with Gasteiger partial charge in [0.15, 0.2) is 22.8 Å². The molecule has 1 atom stereocenters. The number of hydrogen-bond donors (Lipinski definition) is 0. The predicted molar refractivity (Wildman–Crippen MR) is 102 cm³/mol. The van der Waals surface area contributed by atoms with Crippen LogP contribution >= 0.6 is 11.8 Å². The van der Waals surface area contributed by atoms with Crippen molar-refractivity contribution in [2.75, 3.05) is 26.0 Å². The molecule has 0 saturated heterocycles. The van der Waals surface area contributed by atoms with Gasteiger partial charge in [0, 0.05) is 19.5 Å². The zero-order valence-electron chi connectivity index (χ0n) is 15.6. The molecule has 1 unspecified atom stereocenters. The van der Waals surface area contributed by atoms with E-state index in [4.69, 9.17) is 9.47 Å². The minimum absolute atomic E-state index is 0.0427. The Bertz CT molecular complexity index is 821. The molecule has 1 aliphatic heterocycles. The Balaban J connectivity index is 1.30. The summed E-state index contributed by atoms with van der Waals surface area (Å²) in [5.41, 5.74) is 0. The molecule has 2 aliphatic rings. The summed E-state index contributed by atoms with van der Waals surface area (Å²) >= 11 is 1.45. The van der Waals surface area contributed by atoms with Gasteiger partial charge in [0.1, 0.15) is 12.4 Å². The van der Waals surface area contributed by atoms with Crippen LogP contribution in [0, 0.1) is 0 Å². The second-order valence-electron chi connectivity index (χ2n) is 6.92. The van der Waals surface area contributed by atoms with Crippen molar-refractivity contribution in [3.8, 4) is 11.5 Å². The first-order valence-electron chi connectivity index (χ1n) is 9.34. The van der Waals surface area contributed by atoms with Crippen LogP contribution < -0.4 is 9.47 Å². The number of rotatable bonds is 7. The van der Waals surface area contributed by atoms with E-state index in [1.54, 1.807) is 11.9 Å². The maximum atomic E-state index is 12.5. The summed E-state index contributed by atoms with van der Waals surface area (Å²) in [4.78, 5) is 14.2. The number of nitrogens with zero attached hydrogens (tertiary/aromatic N) is 4. The highest BCUT2D eigenvalue weighted by Gasteiger charge is 2.30. The third-order valence-corrected chi connectivity index (χ3v) is 5.75. The molecule has 2 heterocycles. The van der Waals surface area contributed by atoms with E-state index in [0.29, 0.717) is 24.8 Å². The molecule has 0 bridgehead atoms. The molecule has 1 aromatic heterocycles. The smallest absolute Gasteiger partial charge is 0.232 e. The number of fused-ring (bicyclic) bond motifs is 1. The van der Waals surface area contributed by atoms with Crippen molar-refractivity contribution in [2.45, 2.75) is 43.5 Å². The lowest BCUT2D eigenvalue weighted by Crippen LogP contribution is -2.42. The van der Waals surface area contributed by atoms with E-state index in [1.165, 1.54) is 24.6 Å². The highest BCUT2D eigenvalue weighted by atomic mass is 32.2. The molecular weight excluding hydrogens is 364 g/mol. The largest absolute Gasteiger partial charge is 0.486 e. The Morgan fingerprint density at radius 2 is 2.07 bits per heavy atom. The van der Waals surface area contributed by atoms with Crippen molar-refractivity contribution in [1.82, 2.24) is 19.7 Å². The maximum absolute atomic E-state index is 12.5. The lowest BCUT2D eigenvalue weighted by molar-refractivity contribution is -0.128. The monoisotopic (exact) mass is 388 g/mol. The molecule has 4 rings (SSSR count). The summed E-state index contributed by atoms with van der Waals surface area (Å²) in [5, 5.41) is 9.42. The molecule has 0 radical (unpaired) electrons. The Labute approximate surface area is 163 Å². The first-order chi connectivity index (χ1) is 13.2. The van der Waals surface area contributed by atoms with Crippen molar-refractivity contribution in [3.05, 3.63) is 30.1 Å². The van der Waals surface area contributed by atoms with Gasteiger partial charge in [0.25, 0.3) is 0 Å². The summed E-state index contributed by atoms with van der Waals surface area (Å²) in [6.45, 7) is 3.85. The van der Waals surface area contributed by atoms with Gasteiger partial charge in [-0.05, 0) is 31.9 Å². The molecule has 0 spiro atoms. The van der Waals surface area contributed by atoms with Gasteiger partial charge in [-0.2, -0.15) is 0 Å². The van der Waals surface area contributed by atoms with Crippen LogP contribution in [0.1, 0.15) is 31.5 Å². The highest BCUT2D eigenvalue weighted by molar-refractivity contribution is 7.99. The molecule has 8 heteroatoms. The number of carbonyl (C=O) groups is 1. The Hall–Kier alpha value is -2.22. The molecule has 144 valence electrons. The number of thioether (sulfide) groups is 1. The minimum Gasteiger partial charge on any atom is -0.486 e. The van der Waals surface area contributed by atoms with Gasteiger partial charge in [-0.1, -0.05) is 23.9 Å². The van der Waals surface area contributed by atoms with Crippen molar-refractivity contribution < 1.29 is 14.3 Å². The topological polar surface area (TPSA) is 69.5 Å². The fourth-order valence-corrected chi connectivity index (χ4v) is 4.09. The minimum atomic E-state index is -0.167. The van der Waals surface area contributed by atoms with Crippen LogP contribution in [-0.2, 0) is 11.3 Å². The first-order valence-corrected chi connectivity index (χ1v) is 10.3. The fourth-order valence-electron chi connectivity index (χ4n) is 3.14. The standard InChI is InChI=1S/C19H24N4O3S/c1-3-23-18(13-8-9-13)20-21-19(23)27-12-17(24)22(2)10-14-11-25-15-6-4-5-7-16(15)26-14/h4-7,13-14H,3,8-12H2,1-2H3. The van der Waals surface area contributed by atoms with E-state index in [0.717, 1.165) is 29.0 Å². The van der Waals surface area contributed by atoms with Gasteiger partial charge in [0.2, 0.25) is 5.91 Å². The highest BCUT2D eigenvalue weighted by Crippen LogP contribution is 2.40. The van der Waals surface area contributed by atoms with Crippen molar-refractivity contribution in [2.24, 2.45) is 0 Å². The molecule has 1 fully saturated rings. The van der Waals surface area contributed by atoms with Crippen LogP contribution in [0.15, 0.2) is 29.4 Å². The lowest BCUT2D eigenvalue weighted by atomic mass is 10.2. The third-order valence-electron chi connectivity index (χ3n) is 4.80. The van der Waals surface area contributed by atoms with E-state index < -0.39 is 0 Å². The SMILES string of the molecule is CCn1c(SCC(=O)N(C)CC2COc3ccccc3O2)nnc1C1CC1. The second-order valence-corrected chi connectivity index (χ2v) is 7.86. The van der Waals surface area contributed by atoms with Crippen molar-refractivity contribution in [1.29, 1.82) is 0 Å². The second kappa shape index (κ2) is 7.80. The van der Waals surface area contributed by atoms with Crippen molar-refractivity contribution >= 4 is 17.7 Å². The van der Waals surface area contributed by atoms with E-state index in [-0.39, 0.29) is 12.0 Å². The summed E-state index contributed by atoms with van der Waals surface area (Å²) in [7, 11) is 1.80.